The molecule has 6 nitrogen and oxygen atoms in total. The van der Waals surface area contributed by atoms with Gasteiger partial charge in [-0.05, 0) is 13.5 Å². The first-order valence-corrected chi connectivity index (χ1v) is 5.83. The number of Topliss-reactive ketones (excluding diaryl/α,β-unsaturated/α-hetero) is 1. The summed E-state index contributed by atoms with van der Waals surface area (Å²) in [7, 11) is 4.31. The second kappa shape index (κ2) is 6.72. The van der Waals surface area contributed by atoms with Crippen molar-refractivity contribution in [2.24, 2.45) is 0 Å². The first kappa shape index (κ1) is 15.7. The Hall–Kier alpha value is -2.34. The van der Waals surface area contributed by atoms with E-state index in [1.807, 2.05) is 0 Å². The SMILES string of the molecule is C=C(OC)C(=O)[NH2+]c1cc(OC)c(OC)cc1C(C)=O. The molecule has 0 bridgehead atoms. The minimum Gasteiger partial charge on any atom is -0.493 e. The standard InChI is InChI=1S/C14H17NO5/c1-8(16)10-6-12(19-4)13(20-5)7-11(10)15-14(17)9(2)18-3/h6-7H,2H2,1,3-5H3,(H,15,17)/p+1. The number of rotatable bonds is 6. The summed E-state index contributed by atoms with van der Waals surface area (Å²) in [6.07, 6.45) is 0. The van der Waals surface area contributed by atoms with Gasteiger partial charge in [-0.3, -0.25) is 4.79 Å². The van der Waals surface area contributed by atoms with Crippen LogP contribution >= 0.6 is 0 Å². The molecule has 2 N–H and O–H groups in total. The molecule has 0 fully saturated rings. The Labute approximate surface area is 117 Å². The van der Waals surface area contributed by atoms with Gasteiger partial charge < -0.3 is 14.2 Å². The van der Waals surface area contributed by atoms with Crippen LogP contribution in [-0.2, 0) is 9.53 Å². The summed E-state index contributed by atoms with van der Waals surface area (Å²) in [5, 5.41) is 1.28. The predicted octanol–water partition coefficient (Wildman–Crippen LogP) is 0.788. The molecule has 6 heteroatoms. The Kier molecular flexibility index (Phi) is 5.28. The van der Waals surface area contributed by atoms with E-state index in [4.69, 9.17) is 14.2 Å². The van der Waals surface area contributed by atoms with Crippen molar-refractivity contribution in [2.75, 3.05) is 21.3 Å². The maximum atomic E-state index is 11.8. The summed E-state index contributed by atoms with van der Waals surface area (Å²) in [4.78, 5) is 23.5. The number of benzene rings is 1. The summed E-state index contributed by atoms with van der Waals surface area (Å²) in [5.41, 5.74) is 0.790. The van der Waals surface area contributed by atoms with Gasteiger partial charge in [0.25, 0.3) is 0 Å². The molecule has 0 aliphatic rings. The van der Waals surface area contributed by atoms with Crippen LogP contribution in [0.15, 0.2) is 24.5 Å². The molecule has 0 radical (unpaired) electrons. The molecule has 0 aliphatic heterocycles. The number of carbonyl (C=O) groups is 2. The Balaban J connectivity index is 3.26. The van der Waals surface area contributed by atoms with Crippen LogP contribution in [0.4, 0.5) is 5.69 Å². The van der Waals surface area contributed by atoms with Crippen molar-refractivity contribution in [3.05, 3.63) is 30.0 Å². The van der Waals surface area contributed by atoms with Crippen molar-refractivity contribution in [3.63, 3.8) is 0 Å². The van der Waals surface area contributed by atoms with E-state index in [9.17, 15) is 9.59 Å². The summed E-state index contributed by atoms with van der Waals surface area (Å²) in [5.74, 6) is 0.247. The van der Waals surface area contributed by atoms with Gasteiger partial charge in [-0.15, -0.1) is 0 Å². The molecule has 0 heterocycles. The Morgan fingerprint density at radius 3 is 2.10 bits per heavy atom. The van der Waals surface area contributed by atoms with Gasteiger partial charge in [-0.1, -0.05) is 0 Å². The van der Waals surface area contributed by atoms with E-state index in [0.717, 1.165) is 0 Å². The molecular weight excluding hydrogens is 262 g/mol. The molecule has 0 saturated heterocycles. The lowest BCUT2D eigenvalue weighted by Crippen LogP contribution is -2.83. The highest BCUT2D eigenvalue weighted by molar-refractivity contribution is 5.99. The minimum atomic E-state index is -0.415. The summed E-state index contributed by atoms with van der Waals surface area (Å²) >= 11 is 0. The second-order valence-electron chi connectivity index (χ2n) is 3.99. The van der Waals surface area contributed by atoms with Crippen molar-refractivity contribution in [1.29, 1.82) is 0 Å². The van der Waals surface area contributed by atoms with E-state index in [1.54, 1.807) is 6.07 Å². The number of nitrogens with two attached hydrogens (primary N) is 1. The van der Waals surface area contributed by atoms with Crippen molar-refractivity contribution in [1.82, 2.24) is 0 Å². The van der Waals surface area contributed by atoms with Crippen LogP contribution in [0.3, 0.4) is 0 Å². The normalized spacial score (nSPS) is 9.80. The third kappa shape index (κ3) is 3.36. The van der Waals surface area contributed by atoms with Gasteiger partial charge in [0.05, 0.1) is 26.9 Å². The minimum absolute atomic E-state index is 0.00529. The lowest BCUT2D eigenvalue weighted by atomic mass is 10.1. The van der Waals surface area contributed by atoms with Gasteiger partial charge in [0.2, 0.25) is 5.76 Å². The van der Waals surface area contributed by atoms with E-state index in [0.29, 0.717) is 22.7 Å². The van der Waals surface area contributed by atoms with Crippen molar-refractivity contribution >= 4 is 17.4 Å². The van der Waals surface area contributed by atoms with Crippen molar-refractivity contribution in [2.45, 2.75) is 6.92 Å². The van der Waals surface area contributed by atoms with Crippen LogP contribution in [0.25, 0.3) is 0 Å². The highest BCUT2D eigenvalue weighted by atomic mass is 16.5. The number of quaternary nitrogens is 1. The molecule has 108 valence electrons. The van der Waals surface area contributed by atoms with E-state index in [1.165, 1.54) is 39.6 Å². The fraction of sp³-hybridized carbons (Fsp3) is 0.286. The number of ether oxygens (including phenoxy) is 3. The topological polar surface area (TPSA) is 78.4 Å². The van der Waals surface area contributed by atoms with Crippen LogP contribution in [0, 0.1) is 0 Å². The number of methoxy groups -OCH3 is 3. The summed E-state index contributed by atoms with van der Waals surface area (Å²) in [6, 6.07) is 3.10. The summed E-state index contributed by atoms with van der Waals surface area (Å²) < 4.78 is 15.1. The smallest absolute Gasteiger partial charge is 0.381 e. The average Bonchev–Trinajstić information content (AvgIpc) is 2.45. The Morgan fingerprint density at radius 1 is 1.10 bits per heavy atom. The third-order valence-corrected chi connectivity index (χ3v) is 2.74. The molecule has 0 spiro atoms. The average molecular weight is 280 g/mol. The number of hydrogen-bond acceptors (Lipinski definition) is 5. The van der Waals surface area contributed by atoms with Gasteiger partial charge >= 0.3 is 5.91 Å². The number of amides is 1. The summed E-state index contributed by atoms with van der Waals surface area (Å²) in [6.45, 7) is 4.89. The zero-order valence-corrected chi connectivity index (χ0v) is 12.0. The number of ketones is 1. The van der Waals surface area contributed by atoms with E-state index >= 15 is 0 Å². The molecule has 0 unspecified atom stereocenters. The lowest BCUT2D eigenvalue weighted by molar-refractivity contribution is -0.481. The monoisotopic (exact) mass is 280 g/mol. The van der Waals surface area contributed by atoms with Gasteiger partial charge in [-0.25, -0.2) is 10.1 Å². The van der Waals surface area contributed by atoms with Crippen LogP contribution in [0.1, 0.15) is 17.3 Å². The van der Waals surface area contributed by atoms with Crippen molar-refractivity contribution < 1.29 is 29.1 Å². The molecule has 0 aromatic heterocycles. The van der Waals surface area contributed by atoms with Crippen LogP contribution in [0.5, 0.6) is 11.5 Å². The van der Waals surface area contributed by atoms with Gasteiger partial charge in [0, 0.05) is 12.1 Å². The highest BCUT2D eigenvalue weighted by Crippen LogP contribution is 2.31. The van der Waals surface area contributed by atoms with Crippen LogP contribution < -0.4 is 14.8 Å². The second-order valence-corrected chi connectivity index (χ2v) is 3.99. The van der Waals surface area contributed by atoms with E-state index in [2.05, 4.69) is 6.58 Å². The molecule has 0 aliphatic carbocycles. The quantitative estimate of drug-likeness (QED) is 0.361. The van der Waals surface area contributed by atoms with Gasteiger partial charge in [-0.2, -0.15) is 0 Å². The molecule has 1 aromatic rings. The predicted molar refractivity (Wildman–Crippen MR) is 72.3 cm³/mol. The fourth-order valence-electron chi connectivity index (χ4n) is 1.64. The highest BCUT2D eigenvalue weighted by Gasteiger charge is 2.21. The van der Waals surface area contributed by atoms with Crippen LogP contribution in [-0.4, -0.2) is 33.0 Å². The molecular formula is C14H18NO5+. The molecule has 1 amide bonds. The number of hydrogen-bond donors (Lipinski definition) is 1. The van der Waals surface area contributed by atoms with Crippen LogP contribution in [0.2, 0.25) is 0 Å². The maximum Gasteiger partial charge on any atom is 0.381 e. The van der Waals surface area contributed by atoms with Gasteiger partial charge in [0.15, 0.2) is 23.0 Å². The molecule has 1 aromatic carbocycles. The third-order valence-electron chi connectivity index (χ3n) is 2.74. The fourth-order valence-corrected chi connectivity index (χ4v) is 1.64. The maximum absolute atomic E-state index is 11.8. The zero-order chi connectivity index (χ0) is 15.3. The largest absolute Gasteiger partial charge is 0.493 e. The molecule has 20 heavy (non-hydrogen) atoms. The van der Waals surface area contributed by atoms with Crippen molar-refractivity contribution in [3.8, 4) is 11.5 Å². The number of carbonyl (C=O) groups excluding carboxylic acids is 2. The first-order chi connectivity index (χ1) is 9.44. The Bertz CT molecular complexity index is 551. The zero-order valence-electron chi connectivity index (χ0n) is 12.0. The number of primary amides is 1. The van der Waals surface area contributed by atoms with E-state index in [-0.39, 0.29) is 11.5 Å². The molecule has 1 rings (SSSR count). The lowest BCUT2D eigenvalue weighted by Gasteiger charge is -2.11. The Morgan fingerprint density at radius 2 is 1.65 bits per heavy atom. The first-order valence-electron chi connectivity index (χ1n) is 5.83. The molecule has 0 atom stereocenters. The van der Waals surface area contributed by atoms with Gasteiger partial charge in [0.1, 0.15) is 0 Å². The molecule has 0 saturated carbocycles. The van der Waals surface area contributed by atoms with E-state index < -0.39 is 5.91 Å².